The van der Waals surface area contributed by atoms with Gasteiger partial charge in [-0.2, -0.15) is 0 Å². The maximum atomic E-state index is 10.7. The summed E-state index contributed by atoms with van der Waals surface area (Å²) in [7, 11) is 2.82. The number of ether oxygens (including phenoxy) is 5. The predicted molar refractivity (Wildman–Crippen MR) is 133 cm³/mol. The molecule has 0 saturated carbocycles. The summed E-state index contributed by atoms with van der Waals surface area (Å²) < 4.78 is 27.0. The first-order valence-electron chi connectivity index (χ1n) is 11.8. The highest BCUT2D eigenvalue weighted by molar-refractivity contribution is 5.56. The number of hydrogen-bond donors (Lipinski definition) is 7. The highest BCUT2D eigenvalue weighted by Gasteiger charge is 2.43. The largest absolute Gasteiger partial charge is 0.504 e. The van der Waals surface area contributed by atoms with Crippen LogP contribution in [0.25, 0.3) is 6.08 Å². The van der Waals surface area contributed by atoms with Crippen molar-refractivity contribution >= 4 is 6.08 Å². The third-order valence-corrected chi connectivity index (χ3v) is 6.06. The number of hydrogen-bond acceptors (Lipinski definition) is 12. The van der Waals surface area contributed by atoms with E-state index in [2.05, 4.69) is 0 Å². The van der Waals surface area contributed by atoms with Crippen molar-refractivity contribution in [1.29, 1.82) is 0 Å². The molecule has 1 aliphatic rings. The van der Waals surface area contributed by atoms with Crippen LogP contribution in [0.3, 0.4) is 0 Å². The molecule has 210 valence electrons. The molecule has 1 saturated heterocycles. The van der Waals surface area contributed by atoms with Crippen LogP contribution in [0.2, 0.25) is 0 Å². The molecule has 0 aromatic heterocycles. The van der Waals surface area contributed by atoms with E-state index in [0.717, 1.165) is 0 Å². The molecule has 2 aromatic carbocycles. The van der Waals surface area contributed by atoms with Crippen molar-refractivity contribution in [2.45, 2.75) is 42.9 Å². The number of aromatic hydroxyl groups is 1. The first-order valence-corrected chi connectivity index (χ1v) is 11.8. The van der Waals surface area contributed by atoms with E-state index in [9.17, 15) is 35.7 Å². The van der Waals surface area contributed by atoms with Crippen molar-refractivity contribution < 1.29 is 59.4 Å². The second kappa shape index (κ2) is 13.7. The summed E-state index contributed by atoms with van der Waals surface area (Å²) in [6.45, 7) is -1.07. The van der Waals surface area contributed by atoms with Crippen molar-refractivity contribution in [1.82, 2.24) is 0 Å². The SMILES string of the molecule is COc1cc([C@H](O)[C@@H](CO)Oc2ccc(/C=C/CO[C@@H]3O[C@H](CO)[C@@H](O)[C@H](O)[C@H]3O)cc2OC)ccc1O. The first kappa shape index (κ1) is 29.6. The van der Waals surface area contributed by atoms with Gasteiger partial charge in [0, 0.05) is 0 Å². The van der Waals surface area contributed by atoms with Crippen LogP contribution in [-0.4, -0.2) is 107 Å². The van der Waals surface area contributed by atoms with Crippen LogP contribution in [0, 0.1) is 0 Å². The molecule has 0 aliphatic carbocycles. The molecule has 12 nitrogen and oxygen atoms in total. The summed E-state index contributed by atoms with van der Waals surface area (Å²) in [5, 5.41) is 69.3. The number of benzene rings is 2. The van der Waals surface area contributed by atoms with Gasteiger partial charge in [0.2, 0.25) is 0 Å². The number of aliphatic hydroxyl groups excluding tert-OH is 6. The number of aliphatic hydroxyl groups is 6. The Kier molecular flexibility index (Phi) is 10.7. The van der Waals surface area contributed by atoms with Crippen LogP contribution in [-0.2, 0) is 9.47 Å². The van der Waals surface area contributed by atoms with Crippen LogP contribution >= 0.6 is 0 Å². The van der Waals surface area contributed by atoms with Crippen LogP contribution < -0.4 is 14.2 Å². The van der Waals surface area contributed by atoms with E-state index < -0.39 is 56.1 Å². The van der Waals surface area contributed by atoms with Crippen LogP contribution in [0.4, 0.5) is 0 Å². The first-order chi connectivity index (χ1) is 18.2. The van der Waals surface area contributed by atoms with Gasteiger partial charge in [-0.05, 0) is 35.4 Å². The van der Waals surface area contributed by atoms with E-state index in [0.29, 0.717) is 16.9 Å². The highest BCUT2D eigenvalue weighted by atomic mass is 16.7. The number of rotatable bonds is 12. The molecule has 0 spiro atoms. The lowest BCUT2D eigenvalue weighted by Crippen LogP contribution is -2.59. The third kappa shape index (κ3) is 6.92. The molecule has 38 heavy (non-hydrogen) atoms. The Balaban J connectivity index is 1.63. The van der Waals surface area contributed by atoms with Gasteiger partial charge >= 0.3 is 0 Å². The molecule has 12 heteroatoms. The molecule has 3 rings (SSSR count). The Labute approximate surface area is 219 Å². The minimum absolute atomic E-state index is 0.0157. The summed E-state index contributed by atoms with van der Waals surface area (Å²) in [4.78, 5) is 0. The minimum atomic E-state index is -1.52. The van der Waals surface area contributed by atoms with Crippen LogP contribution in [0.15, 0.2) is 42.5 Å². The van der Waals surface area contributed by atoms with Gasteiger partial charge in [0.05, 0.1) is 34.0 Å². The smallest absolute Gasteiger partial charge is 0.187 e. The molecule has 0 radical (unpaired) electrons. The number of methoxy groups -OCH3 is 2. The van der Waals surface area contributed by atoms with Gasteiger partial charge in [0.25, 0.3) is 0 Å². The third-order valence-electron chi connectivity index (χ3n) is 6.06. The fraction of sp³-hybridized carbons (Fsp3) is 0.462. The van der Waals surface area contributed by atoms with Gasteiger partial charge in [0.1, 0.15) is 30.5 Å². The van der Waals surface area contributed by atoms with Gasteiger partial charge in [-0.15, -0.1) is 0 Å². The molecule has 0 amide bonds. The van der Waals surface area contributed by atoms with Gasteiger partial charge in [-0.3, -0.25) is 0 Å². The molecule has 1 heterocycles. The molecule has 0 bridgehead atoms. The lowest BCUT2D eigenvalue weighted by molar-refractivity contribution is -0.298. The Morgan fingerprint density at radius 2 is 1.66 bits per heavy atom. The van der Waals surface area contributed by atoms with Crippen molar-refractivity contribution in [3.63, 3.8) is 0 Å². The average molecular weight is 539 g/mol. The monoisotopic (exact) mass is 538 g/mol. The maximum Gasteiger partial charge on any atom is 0.187 e. The second-order valence-electron chi connectivity index (χ2n) is 8.56. The van der Waals surface area contributed by atoms with E-state index in [-0.39, 0.29) is 23.9 Å². The standard InChI is InChI=1S/C26H34O12/c1-34-18-11-15(6-7-16(18)29)22(30)20(12-27)37-17-8-5-14(10-19(17)35-2)4-3-9-36-26-25(33)24(32)23(31)21(13-28)38-26/h3-8,10-11,20-33H,9,12-13H2,1-2H3/b4-3+/t20-,21-,22+,23-,24+,25-,26-/m1/s1. The van der Waals surface area contributed by atoms with Crippen molar-refractivity contribution in [2.24, 2.45) is 0 Å². The fourth-order valence-corrected chi connectivity index (χ4v) is 3.88. The Morgan fingerprint density at radius 1 is 0.921 bits per heavy atom. The zero-order chi connectivity index (χ0) is 27.8. The van der Waals surface area contributed by atoms with E-state index >= 15 is 0 Å². The number of phenolic OH excluding ortho intramolecular Hbond substituents is 1. The fourth-order valence-electron chi connectivity index (χ4n) is 3.88. The topological polar surface area (TPSA) is 188 Å². The normalized spacial score (nSPS) is 25.2. The molecule has 1 aliphatic heterocycles. The van der Waals surface area contributed by atoms with Crippen LogP contribution in [0.5, 0.6) is 23.0 Å². The Morgan fingerprint density at radius 3 is 2.32 bits per heavy atom. The summed E-state index contributed by atoms with van der Waals surface area (Å²) in [5.41, 5.74) is 1.06. The Bertz CT molecular complexity index is 1060. The van der Waals surface area contributed by atoms with E-state index in [1.54, 1.807) is 30.4 Å². The molecule has 7 N–H and O–H groups in total. The van der Waals surface area contributed by atoms with E-state index in [4.69, 9.17) is 23.7 Å². The summed E-state index contributed by atoms with van der Waals surface area (Å²) in [5.74, 6) is 0.679. The summed E-state index contributed by atoms with van der Waals surface area (Å²) in [6, 6.07) is 9.27. The number of phenols is 1. The lowest BCUT2D eigenvalue weighted by atomic mass is 9.99. The second-order valence-corrected chi connectivity index (χ2v) is 8.56. The van der Waals surface area contributed by atoms with Crippen LogP contribution in [0.1, 0.15) is 17.2 Å². The maximum absolute atomic E-state index is 10.7. The lowest BCUT2D eigenvalue weighted by Gasteiger charge is -2.39. The molecular weight excluding hydrogens is 504 g/mol. The van der Waals surface area contributed by atoms with Gasteiger partial charge in [0.15, 0.2) is 35.4 Å². The summed E-state index contributed by atoms with van der Waals surface area (Å²) in [6.07, 6.45) is -5.75. The predicted octanol–water partition coefficient (Wildman–Crippen LogP) is -0.288. The van der Waals surface area contributed by atoms with E-state index in [1.165, 1.54) is 32.4 Å². The molecular formula is C26H34O12. The molecule has 7 atom stereocenters. The van der Waals surface area contributed by atoms with Crippen molar-refractivity contribution in [3.8, 4) is 23.0 Å². The van der Waals surface area contributed by atoms with Gasteiger partial charge < -0.3 is 59.4 Å². The zero-order valence-corrected chi connectivity index (χ0v) is 21.0. The Hall–Kier alpha value is -2.94. The molecule has 1 fully saturated rings. The average Bonchev–Trinajstić information content (AvgIpc) is 2.94. The van der Waals surface area contributed by atoms with E-state index in [1.807, 2.05) is 0 Å². The zero-order valence-electron chi connectivity index (χ0n) is 21.0. The van der Waals surface area contributed by atoms with Gasteiger partial charge in [-0.25, -0.2) is 0 Å². The molecule has 0 unspecified atom stereocenters. The van der Waals surface area contributed by atoms with Gasteiger partial charge in [-0.1, -0.05) is 24.3 Å². The quantitative estimate of drug-likeness (QED) is 0.187. The summed E-state index contributed by atoms with van der Waals surface area (Å²) >= 11 is 0. The highest BCUT2D eigenvalue weighted by Crippen LogP contribution is 2.34. The van der Waals surface area contributed by atoms with Crippen molar-refractivity contribution in [2.75, 3.05) is 34.0 Å². The minimum Gasteiger partial charge on any atom is -0.504 e. The van der Waals surface area contributed by atoms with Crippen molar-refractivity contribution in [3.05, 3.63) is 53.6 Å². The molecule has 2 aromatic rings.